The van der Waals surface area contributed by atoms with Gasteiger partial charge in [-0.25, -0.2) is 15.8 Å². The lowest BCUT2D eigenvalue weighted by Crippen LogP contribution is -2.39. The Bertz CT molecular complexity index is 1450. The van der Waals surface area contributed by atoms with Crippen molar-refractivity contribution in [2.24, 2.45) is 5.84 Å². The van der Waals surface area contributed by atoms with Crippen molar-refractivity contribution >= 4 is 34.8 Å². The maximum absolute atomic E-state index is 13.6. The van der Waals surface area contributed by atoms with Crippen molar-refractivity contribution in [2.75, 3.05) is 5.01 Å². The average molecular weight is 531 g/mol. The fourth-order valence-corrected chi connectivity index (χ4v) is 4.49. The summed E-state index contributed by atoms with van der Waals surface area (Å²) in [7, 11) is 0. The van der Waals surface area contributed by atoms with Crippen molar-refractivity contribution in [3.05, 3.63) is 99.8 Å². The number of para-hydroxylation sites is 1. The number of amides is 1. The Hall–Kier alpha value is -3.33. The largest absolute Gasteiger partial charge is 0.418 e. The van der Waals surface area contributed by atoms with Crippen LogP contribution in [0.4, 0.5) is 18.9 Å². The van der Waals surface area contributed by atoms with Crippen LogP contribution in [0.5, 0.6) is 0 Å². The maximum atomic E-state index is 13.6. The first kappa shape index (κ1) is 24.4. The van der Waals surface area contributed by atoms with Gasteiger partial charge in [0.1, 0.15) is 5.82 Å². The number of halogens is 5. The number of rotatable bonds is 5. The van der Waals surface area contributed by atoms with Crippen molar-refractivity contribution in [3.63, 3.8) is 0 Å². The molecule has 1 aliphatic rings. The Morgan fingerprint density at radius 1 is 0.972 bits per heavy atom. The molecule has 0 aliphatic heterocycles. The molecule has 4 aromatic rings. The molecule has 0 bridgehead atoms. The second-order valence-electron chi connectivity index (χ2n) is 8.43. The van der Waals surface area contributed by atoms with Gasteiger partial charge in [0, 0.05) is 22.2 Å². The van der Waals surface area contributed by atoms with Crippen LogP contribution >= 0.6 is 23.2 Å². The van der Waals surface area contributed by atoms with Gasteiger partial charge in [-0.05, 0) is 61.4 Å². The van der Waals surface area contributed by atoms with Crippen LogP contribution in [0.1, 0.15) is 40.5 Å². The summed E-state index contributed by atoms with van der Waals surface area (Å²) in [6, 6.07) is 18.7. The smallest absolute Gasteiger partial charge is 0.296 e. The number of imidazole rings is 1. The van der Waals surface area contributed by atoms with E-state index in [1.54, 1.807) is 48.5 Å². The van der Waals surface area contributed by atoms with Gasteiger partial charge in [-0.3, -0.25) is 9.36 Å². The van der Waals surface area contributed by atoms with Gasteiger partial charge in [-0.2, -0.15) is 13.2 Å². The van der Waals surface area contributed by atoms with E-state index in [9.17, 15) is 18.0 Å². The first-order chi connectivity index (χ1) is 17.2. The number of hydrazine groups is 1. The molecule has 184 valence electrons. The van der Waals surface area contributed by atoms with Gasteiger partial charge in [0.25, 0.3) is 5.91 Å². The fraction of sp³-hybridized carbons (Fsp3) is 0.154. The lowest BCUT2D eigenvalue weighted by molar-refractivity contribution is -0.137. The zero-order chi connectivity index (χ0) is 25.6. The number of aromatic nitrogens is 2. The number of carbonyl (C=O) groups is 1. The Kier molecular flexibility index (Phi) is 6.28. The van der Waals surface area contributed by atoms with Gasteiger partial charge in [0.15, 0.2) is 5.69 Å². The molecule has 1 saturated carbocycles. The highest BCUT2D eigenvalue weighted by molar-refractivity contribution is 6.33. The van der Waals surface area contributed by atoms with Crippen LogP contribution in [0.3, 0.4) is 0 Å². The van der Waals surface area contributed by atoms with E-state index >= 15 is 0 Å². The van der Waals surface area contributed by atoms with Gasteiger partial charge < -0.3 is 0 Å². The van der Waals surface area contributed by atoms with Crippen LogP contribution in [0.25, 0.3) is 17.1 Å². The topological polar surface area (TPSA) is 64.2 Å². The third-order valence-electron chi connectivity index (χ3n) is 5.97. The van der Waals surface area contributed by atoms with E-state index in [0.29, 0.717) is 37.8 Å². The highest BCUT2D eigenvalue weighted by Crippen LogP contribution is 2.46. The van der Waals surface area contributed by atoms with Crippen LogP contribution in [-0.2, 0) is 6.18 Å². The molecule has 1 amide bonds. The van der Waals surface area contributed by atoms with Crippen LogP contribution in [-0.4, -0.2) is 15.5 Å². The molecule has 1 heterocycles. The van der Waals surface area contributed by atoms with Crippen molar-refractivity contribution < 1.29 is 18.0 Å². The van der Waals surface area contributed by atoms with Crippen molar-refractivity contribution in [1.82, 2.24) is 9.55 Å². The molecule has 1 fully saturated rings. The van der Waals surface area contributed by atoms with E-state index in [-0.39, 0.29) is 11.6 Å². The number of benzene rings is 3. The number of nitrogens with zero attached hydrogens (tertiary/aromatic N) is 3. The number of alkyl halides is 3. The molecule has 0 spiro atoms. The third kappa shape index (κ3) is 4.48. The summed E-state index contributed by atoms with van der Waals surface area (Å²) < 4.78 is 42.7. The molecule has 0 unspecified atom stereocenters. The van der Waals surface area contributed by atoms with Crippen LogP contribution < -0.4 is 10.9 Å². The van der Waals surface area contributed by atoms with E-state index in [2.05, 4.69) is 4.98 Å². The molecule has 5 nitrogen and oxygen atoms in total. The summed E-state index contributed by atoms with van der Waals surface area (Å²) in [6.45, 7) is 0. The molecule has 3 aromatic carbocycles. The summed E-state index contributed by atoms with van der Waals surface area (Å²) in [6.07, 6.45) is -3.10. The monoisotopic (exact) mass is 530 g/mol. The SMILES string of the molecule is NN(C(=O)c1nc(-c2ccccc2Cl)n(-c2ccc(Cl)cc2)c1C1CC1)c1ccccc1C(F)(F)F. The predicted octanol–water partition coefficient (Wildman–Crippen LogP) is 7.26. The summed E-state index contributed by atoms with van der Waals surface area (Å²) in [5.41, 5.74) is 0.310. The maximum Gasteiger partial charge on any atom is 0.418 e. The zero-order valence-corrected chi connectivity index (χ0v) is 20.1. The Labute approximate surface area is 214 Å². The molecule has 2 N–H and O–H groups in total. The standard InChI is InChI=1S/C26H19Cl2F3N4O/c27-16-11-13-17(14-12-16)34-23(15-9-10-15)22(33-24(34)18-5-1-3-7-20(18)28)25(36)35(32)21-8-4-2-6-19(21)26(29,30)31/h1-8,11-15H,9-10,32H2. The highest BCUT2D eigenvalue weighted by atomic mass is 35.5. The minimum atomic E-state index is -4.70. The molecule has 1 aliphatic carbocycles. The lowest BCUT2D eigenvalue weighted by atomic mass is 10.1. The normalized spacial score (nSPS) is 13.6. The molecule has 1 aromatic heterocycles. The quantitative estimate of drug-likeness (QED) is 0.168. The summed E-state index contributed by atoms with van der Waals surface area (Å²) in [5, 5.41) is 1.45. The summed E-state index contributed by atoms with van der Waals surface area (Å²) in [4.78, 5) is 18.3. The van der Waals surface area contributed by atoms with E-state index < -0.39 is 23.3 Å². The molecule has 10 heteroatoms. The van der Waals surface area contributed by atoms with E-state index in [1.807, 2.05) is 4.57 Å². The van der Waals surface area contributed by atoms with Gasteiger partial charge in [-0.1, -0.05) is 47.5 Å². The molecule has 0 saturated heterocycles. The first-order valence-electron chi connectivity index (χ1n) is 11.1. The van der Waals surface area contributed by atoms with Gasteiger partial charge >= 0.3 is 6.18 Å². The van der Waals surface area contributed by atoms with Gasteiger partial charge in [-0.15, -0.1) is 0 Å². The van der Waals surface area contributed by atoms with Crippen LogP contribution in [0, 0.1) is 0 Å². The fourth-order valence-electron chi connectivity index (χ4n) is 4.14. The number of nitrogens with two attached hydrogens (primary N) is 1. The second kappa shape index (κ2) is 9.28. The summed E-state index contributed by atoms with van der Waals surface area (Å²) in [5.74, 6) is 5.54. The minimum Gasteiger partial charge on any atom is -0.296 e. The number of hydrogen-bond donors (Lipinski definition) is 1. The van der Waals surface area contributed by atoms with Crippen molar-refractivity contribution in [1.29, 1.82) is 0 Å². The number of hydrogen-bond acceptors (Lipinski definition) is 3. The van der Waals surface area contributed by atoms with Crippen molar-refractivity contribution in [3.8, 4) is 17.1 Å². The first-order valence-corrected chi connectivity index (χ1v) is 11.8. The molecule has 0 radical (unpaired) electrons. The molecule has 5 rings (SSSR count). The van der Waals surface area contributed by atoms with E-state index in [0.717, 1.165) is 25.0 Å². The third-order valence-corrected chi connectivity index (χ3v) is 6.55. The molecule has 0 atom stereocenters. The Morgan fingerprint density at radius 3 is 2.25 bits per heavy atom. The minimum absolute atomic E-state index is 0.0189. The van der Waals surface area contributed by atoms with Crippen LogP contribution in [0.2, 0.25) is 10.0 Å². The molecular weight excluding hydrogens is 512 g/mol. The van der Waals surface area contributed by atoms with Gasteiger partial charge in [0.05, 0.1) is 22.0 Å². The Morgan fingerprint density at radius 2 is 1.61 bits per heavy atom. The van der Waals surface area contributed by atoms with Crippen molar-refractivity contribution in [2.45, 2.75) is 24.9 Å². The number of carbonyl (C=O) groups excluding carboxylic acids is 1. The van der Waals surface area contributed by atoms with E-state index in [4.69, 9.17) is 29.0 Å². The Balaban J connectivity index is 1.72. The number of anilines is 1. The lowest BCUT2D eigenvalue weighted by Gasteiger charge is -2.21. The zero-order valence-electron chi connectivity index (χ0n) is 18.6. The highest BCUT2D eigenvalue weighted by Gasteiger charge is 2.39. The van der Waals surface area contributed by atoms with Crippen LogP contribution in [0.15, 0.2) is 72.8 Å². The second-order valence-corrected chi connectivity index (χ2v) is 9.27. The van der Waals surface area contributed by atoms with E-state index in [1.165, 1.54) is 12.1 Å². The van der Waals surface area contributed by atoms with Gasteiger partial charge in [0.2, 0.25) is 0 Å². The summed E-state index contributed by atoms with van der Waals surface area (Å²) >= 11 is 12.6. The molecule has 36 heavy (non-hydrogen) atoms. The molecular formula is C26H19Cl2F3N4O. The predicted molar refractivity (Wildman–Crippen MR) is 133 cm³/mol. The average Bonchev–Trinajstić information content (AvgIpc) is 3.63.